The van der Waals surface area contributed by atoms with E-state index in [-0.39, 0.29) is 18.4 Å². The van der Waals surface area contributed by atoms with E-state index in [0.717, 1.165) is 11.2 Å². The van der Waals surface area contributed by atoms with Gasteiger partial charge in [-0.05, 0) is 24.6 Å². The lowest BCUT2D eigenvalue weighted by molar-refractivity contribution is -0.133. The Bertz CT molecular complexity index is 734. The molecule has 2 amide bonds. The van der Waals surface area contributed by atoms with Crippen molar-refractivity contribution in [2.75, 3.05) is 24.5 Å². The summed E-state index contributed by atoms with van der Waals surface area (Å²) in [6.45, 7) is 6.43. The van der Waals surface area contributed by atoms with Gasteiger partial charge in [-0.15, -0.1) is 0 Å². The number of piperazine rings is 1. The summed E-state index contributed by atoms with van der Waals surface area (Å²) in [5.41, 5.74) is 1.89. The van der Waals surface area contributed by atoms with Gasteiger partial charge in [0.05, 0.1) is 6.20 Å². The fraction of sp³-hybridized carbons (Fsp3) is 0.267. The number of aromatic nitrogens is 2. The summed E-state index contributed by atoms with van der Waals surface area (Å²) in [7, 11) is 0. The van der Waals surface area contributed by atoms with Gasteiger partial charge in [0.1, 0.15) is 12.2 Å². The second kappa shape index (κ2) is 5.05. The third-order valence-corrected chi connectivity index (χ3v) is 3.65. The maximum absolute atomic E-state index is 12.2. The first-order chi connectivity index (χ1) is 10.1. The van der Waals surface area contributed by atoms with Crippen LogP contribution in [0.25, 0.3) is 5.65 Å². The second-order valence-electron chi connectivity index (χ2n) is 5.03. The third-order valence-electron chi connectivity index (χ3n) is 3.65. The van der Waals surface area contributed by atoms with Crippen LogP contribution >= 0.6 is 0 Å². The van der Waals surface area contributed by atoms with Gasteiger partial charge in [0.25, 0.3) is 0 Å². The van der Waals surface area contributed by atoms with Crippen LogP contribution in [0.5, 0.6) is 0 Å². The van der Waals surface area contributed by atoms with Crippen molar-refractivity contribution in [2.45, 2.75) is 6.92 Å². The molecule has 1 saturated heterocycles. The van der Waals surface area contributed by atoms with Crippen LogP contribution in [-0.2, 0) is 9.59 Å². The second-order valence-corrected chi connectivity index (χ2v) is 5.03. The van der Waals surface area contributed by atoms with Crippen LogP contribution in [0.1, 0.15) is 5.56 Å². The average Bonchev–Trinajstić information content (AvgIpc) is 2.91. The van der Waals surface area contributed by atoms with Crippen molar-refractivity contribution in [3.63, 3.8) is 0 Å². The van der Waals surface area contributed by atoms with E-state index in [4.69, 9.17) is 0 Å². The molecule has 0 aromatic carbocycles. The first-order valence-corrected chi connectivity index (χ1v) is 6.76. The molecule has 0 saturated carbocycles. The van der Waals surface area contributed by atoms with Gasteiger partial charge in [-0.2, -0.15) is 0 Å². The molecule has 3 heterocycles. The number of nitrogens with zero attached hydrogens (tertiary/aromatic N) is 4. The van der Waals surface area contributed by atoms with Gasteiger partial charge in [-0.1, -0.05) is 12.6 Å². The molecule has 2 aromatic rings. The van der Waals surface area contributed by atoms with Crippen LogP contribution in [0.4, 0.5) is 5.82 Å². The van der Waals surface area contributed by atoms with Crippen molar-refractivity contribution >= 4 is 23.3 Å². The Kier molecular flexibility index (Phi) is 3.21. The Balaban J connectivity index is 1.87. The fourth-order valence-corrected chi connectivity index (χ4v) is 2.50. The van der Waals surface area contributed by atoms with E-state index in [1.54, 1.807) is 4.90 Å². The topological polar surface area (TPSA) is 57.9 Å². The number of hydrogen-bond donors (Lipinski definition) is 0. The zero-order valence-corrected chi connectivity index (χ0v) is 11.8. The first-order valence-electron chi connectivity index (χ1n) is 6.76. The molecular formula is C15H16N4O2. The highest BCUT2D eigenvalue weighted by Gasteiger charge is 2.28. The molecule has 1 aliphatic rings. The summed E-state index contributed by atoms with van der Waals surface area (Å²) >= 11 is 0. The fourth-order valence-electron chi connectivity index (χ4n) is 2.50. The highest BCUT2D eigenvalue weighted by molar-refractivity contribution is 5.99. The first kappa shape index (κ1) is 13.4. The number of pyridine rings is 1. The maximum atomic E-state index is 12.2. The Morgan fingerprint density at radius 2 is 2.24 bits per heavy atom. The smallest absolute Gasteiger partial charge is 0.247 e. The molecule has 6 nitrogen and oxygen atoms in total. The molecule has 1 fully saturated rings. The van der Waals surface area contributed by atoms with Crippen molar-refractivity contribution in [3.05, 3.63) is 42.7 Å². The number of anilines is 1. The number of fused-ring (bicyclic) bond motifs is 1. The quantitative estimate of drug-likeness (QED) is 0.773. The lowest BCUT2D eigenvalue weighted by Crippen LogP contribution is -2.52. The van der Waals surface area contributed by atoms with Crippen LogP contribution in [0, 0.1) is 6.92 Å². The van der Waals surface area contributed by atoms with Crippen LogP contribution in [0.15, 0.2) is 37.2 Å². The Morgan fingerprint density at radius 1 is 1.43 bits per heavy atom. The summed E-state index contributed by atoms with van der Waals surface area (Å²) in [5.74, 6) is 0.284. The van der Waals surface area contributed by atoms with Gasteiger partial charge in [-0.25, -0.2) is 4.98 Å². The van der Waals surface area contributed by atoms with E-state index in [2.05, 4.69) is 11.6 Å². The van der Waals surface area contributed by atoms with Crippen molar-refractivity contribution in [1.29, 1.82) is 0 Å². The number of carbonyl (C=O) groups is 2. The zero-order chi connectivity index (χ0) is 15.0. The molecule has 0 spiro atoms. The third kappa shape index (κ3) is 2.29. The largest absolute Gasteiger partial charge is 0.328 e. The van der Waals surface area contributed by atoms with Crippen molar-refractivity contribution in [3.8, 4) is 0 Å². The maximum Gasteiger partial charge on any atom is 0.247 e. The number of carbonyl (C=O) groups excluding carboxylic acids is 2. The molecule has 21 heavy (non-hydrogen) atoms. The summed E-state index contributed by atoms with van der Waals surface area (Å²) in [6, 6.07) is 3.92. The van der Waals surface area contributed by atoms with E-state index in [1.807, 2.05) is 35.9 Å². The van der Waals surface area contributed by atoms with Gasteiger partial charge >= 0.3 is 0 Å². The molecule has 6 heteroatoms. The van der Waals surface area contributed by atoms with Crippen LogP contribution in [0.3, 0.4) is 0 Å². The van der Waals surface area contributed by atoms with E-state index in [1.165, 1.54) is 11.0 Å². The minimum absolute atomic E-state index is 0.0672. The highest BCUT2D eigenvalue weighted by atomic mass is 16.2. The highest BCUT2D eigenvalue weighted by Crippen LogP contribution is 2.19. The molecule has 3 rings (SSSR count). The molecule has 1 aliphatic heterocycles. The van der Waals surface area contributed by atoms with Crippen LogP contribution < -0.4 is 4.90 Å². The van der Waals surface area contributed by atoms with Gasteiger partial charge < -0.3 is 9.30 Å². The average molecular weight is 284 g/mol. The van der Waals surface area contributed by atoms with E-state index in [0.29, 0.717) is 18.9 Å². The number of rotatable bonds is 2. The normalized spacial score (nSPS) is 15.6. The standard InChI is InChI=1S/C15H16N4O2/c1-3-13(20)17-7-8-19(14(21)10-17)12-9-18-6-4-5-11(2)15(18)16-12/h3-6,9H,1,7-8,10H2,2H3. The number of imidazole rings is 1. The van der Waals surface area contributed by atoms with Gasteiger partial charge in [0.15, 0.2) is 5.82 Å². The number of amides is 2. The molecule has 0 aliphatic carbocycles. The summed E-state index contributed by atoms with van der Waals surface area (Å²) in [4.78, 5) is 31.4. The molecule has 0 atom stereocenters. The number of aryl methyl sites for hydroxylation is 1. The Labute approximate surface area is 122 Å². The lowest BCUT2D eigenvalue weighted by atomic mass is 10.3. The molecule has 0 unspecified atom stereocenters. The molecule has 2 aromatic heterocycles. The van der Waals surface area contributed by atoms with E-state index in [9.17, 15) is 9.59 Å². The molecule has 108 valence electrons. The number of hydrogen-bond acceptors (Lipinski definition) is 3. The van der Waals surface area contributed by atoms with Crippen molar-refractivity contribution < 1.29 is 9.59 Å². The van der Waals surface area contributed by atoms with E-state index >= 15 is 0 Å². The lowest BCUT2D eigenvalue weighted by Gasteiger charge is -2.32. The molecule has 0 radical (unpaired) electrons. The molecule has 0 N–H and O–H groups in total. The minimum atomic E-state index is -0.214. The summed E-state index contributed by atoms with van der Waals surface area (Å²) < 4.78 is 1.90. The minimum Gasteiger partial charge on any atom is -0.328 e. The van der Waals surface area contributed by atoms with Gasteiger partial charge in [0, 0.05) is 19.3 Å². The van der Waals surface area contributed by atoms with Crippen molar-refractivity contribution in [2.24, 2.45) is 0 Å². The summed E-state index contributed by atoms with van der Waals surface area (Å²) in [6.07, 6.45) is 4.98. The zero-order valence-electron chi connectivity index (χ0n) is 11.8. The molecule has 0 bridgehead atoms. The Hall–Kier alpha value is -2.63. The Morgan fingerprint density at radius 3 is 2.90 bits per heavy atom. The van der Waals surface area contributed by atoms with Gasteiger partial charge in [-0.3, -0.25) is 14.5 Å². The monoisotopic (exact) mass is 284 g/mol. The predicted molar refractivity (Wildman–Crippen MR) is 79.1 cm³/mol. The molecular weight excluding hydrogens is 268 g/mol. The van der Waals surface area contributed by atoms with Crippen LogP contribution in [0.2, 0.25) is 0 Å². The SMILES string of the molecule is C=CC(=O)N1CCN(c2cn3cccc(C)c3n2)C(=O)C1. The predicted octanol–water partition coefficient (Wildman–Crippen LogP) is 1.00. The summed E-state index contributed by atoms with van der Waals surface area (Å²) in [5, 5.41) is 0. The van der Waals surface area contributed by atoms with E-state index < -0.39 is 0 Å². The van der Waals surface area contributed by atoms with Crippen LogP contribution in [-0.4, -0.2) is 45.7 Å². The van der Waals surface area contributed by atoms with Crippen molar-refractivity contribution in [1.82, 2.24) is 14.3 Å². The van der Waals surface area contributed by atoms with Gasteiger partial charge in [0.2, 0.25) is 11.8 Å².